The van der Waals surface area contributed by atoms with E-state index >= 15 is 0 Å². The van der Waals surface area contributed by atoms with Crippen molar-refractivity contribution in [3.63, 3.8) is 0 Å². The Labute approximate surface area is 214 Å². The van der Waals surface area contributed by atoms with Crippen LogP contribution in [-0.2, 0) is 9.53 Å². The number of pyridine rings is 1. The Hall–Kier alpha value is -3.07. The quantitative estimate of drug-likeness (QED) is 0.500. The minimum Gasteiger partial charge on any atom is -0.444 e. The third-order valence-electron chi connectivity index (χ3n) is 6.54. The van der Waals surface area contributed by atoms with Crippen LogP contribution in [0, 0.1) is 12.8 Å². The average Bonchev–Trinajstić information content (AvgIpc) is 3.18. The topological polar surface area (TPSA) is 115 Å². The molecule has 0 spiro atoms. The van der Waals surface area contributed by atoms with Gasteiger partial charge < -0.3 is 24.5 Å². The number of amides is 2. The summed E-state index contributed by atoms with van der Waals surface area (Å²) in [5, 5.41) is 11.5. The van der Waals surface area contributed by atoms with Crippen molar-refractivity contribution in [1.82, 2.24) is 20.4 Å². The smallest absolute Gasteiger partial charge is 0.407 e. The molecule has 1 aliphatic carbocycles. The van der Waals surface area contributed by atoms with Gasteiger partial charge in [-0.3, -0.25) is 9.59 Å². The molecule has 0 radical (unpaired) electrons. The van der Waals surface area contributed by atoms with Crippen LogP contribution >= 0.6 is 11.6 Å². The molecule has 1 aromatic carbocycles. The molecule has 36 heavy (non-hydrogen) atoms. The molecule has 1 fully saturated rings. The molecule has 2 N–H and O–H groups in total. The van der Waals surface area contributed by atoms with E-state index in [0.29, 0.717) is 39.0 Å². The highest BCUT2D eigenvalue weighted by Gasteiger charge is 2.29. The number of alkyl carbamates (subject to hydrolysis) is 1. The van der Waals surface area contributed by atoms with Crippen LogP contribution in [0.5, 0.6) is 0 Å². The normalized spacial score (nSPS) is 19.3. The number of ether oxygens (including phenoxy) is 1. The second-order valence-corrected chi connectivity index (χ2v) is 11.0. The number of hydrogen-bond donors (Lipinski definition) is 2. The fraction of sp³-hybridized carbons (Fsp3) is 0.538. The van der Waals surface area contributed by atoms with Gasteiger partial charge in [0.2, 0.25) is 5.91 Å². The molecule has 0 aliphatic heterocycles. The Kier molecular flexibility index (Phi) is 7.31. The fourth-order valence-electron chi connectivity index (χ4n) is 4.85. The van der Waals surface area contributed by atoms with E-state index in [4.69, 9.17) is 20.9 Å². The van der Waals surface area contributed by atoms with Crippen LogP contribution in [0.1, 0.15) is 65.2 Å². The van der Waals surface area contributed by atoms with Crippen molar-refractivity contribution in [2.75, 3.05) is 6.54 Å². The highest BCUT2D eigenvalue weighted by atomic mass is 35.5. The van der Waals surface area contributed by atoms with Crippen LogP contribution in [0.4, 0.5) is 4.79 Å². The van der Waals surface area contributed by atoms with E-state index in [1.807, 2.05) is 12.1 Å². The molecule has 3 unspecified atom stereocenters. The molecule has 2 heterocycles. The fourth-order valence-corrected chi connectivity index (χ4v) is 5.11. The monoisotopic (exact) mass is 516 g/mol. The minimum absolute atomic E-state index is 0.0966. The summed E-state index contributed by atoms with van der Waals surface area (Å²) in [6.45, 7) is 9.01. The first-order valence-corrected chi connectivity index (χ1v) is 12.7. The molecular formula is C26H33ClN4O5. The van der Waals surface area contributed by atoms with Gasteiger partial charge in [-0.2, -0.15) is 0 Å². The number of carbonyl (C=O) groups is 2. The highest BCUT2D eigenvalue weighted by molar-refractivity contribution is 6.37. The lowest BCUT2D eigenvalue weighted by atomic mass is 9.89. The lowest BCUT2D eigenvalue weighted by molar-refractivity contribution is -0.125. The largest absolute Gasteiger partial charge is 0.444 e. The van der Waals surface area contributed by atoms with E-state index in [-0.39, 0.29) is 30.1 Å². The predicted molar refractivity (Wildman–Crippen MR) is 138 cm³/mol. The summed E-state index contributed by atoms with van der Waals surface area (Å²) < 4.78 is 12.4. The van der Waals surface area contributed by atoms with E-state index in [0.717, 1.165) is 19.3 Å². The molecule has 3 atom stereocenters. The highest BCUT2D eigenvalue weighted by Crippen LogP contribution is 2.35. The third kappa shape index (κ3) is 5.36. The standard InChI is InChI=1S/C26H33ClN4O5/c1-14(13-28-25(34)35-26(3,4)5)23(32)29-16-8-6-9-17(12-16)31-19-11-7-10-18(27)21(19)22-20(24(31)33)15(2)36-30-22/h7,10-11,14,16-17H,6,8-9,12-13H2,1-5H3,(H,28,34)(H,29,32). The number of aromatic nitrogens is 2. The SMILES string of the molecule is Cc1onc2c1c(=O)n(C1CCCC(NC(=O)C(C)CNC(=O)OC(C)(C)C)C1)c1cccc(Cl)c21. The molecule has 0 saturated heterocycles. The molecule has 10 heteroatoms. The molecule has 4 rings (SSSR count). The van der Waals surface area contributed by atoms with Crippen molar-refractivity contribution in [1.29, 1.82) is 0 Å². The predicted octanol–water partition coefficient (Wildman–Crippen LogP) is 4.87. The number of fused-ring (bicyclic) bond motifs is 3. The summed E-state index contributed by atoms with van der Waals surface area (Å²) in [6.07, 6.45) is 2.53. The number of rotatable bonds is 5. The van der Waals surface area contributed by atoms with Gasteiger partial charge in [0.15, 0.2) is 0 Å². The first kappa shape index (κ1) is 26.0. The molecule has 9 nitrogen and oxygen atoms in total. The molecule has 0 bridgehead atoms. The van der Waals surface area contributed by atoms with Crippen LogP contribution in [0.2, 0.25) is 5.02 Å². The molecule has 194 valence electrons. The number of halogens is 1. The summed E-state index contributed by atoms with van der Waals surface area (Å²) in [6, 6.07) is 5.25. The summed E-state index contributed by atoms with van der Waals surface area (Å²) in [5.74, 6) is -0.129. The van der Waals surface area contributed by atoms with Gasteiger partial charge in [-0.1, -0.05) is 29.7 Å². The number of aryl methyl sites for hydroxylation is 1. The zero-order valence-electron chi connectivity index (χ0n) is 21.3. The molecule has 1 aliphatic rings. The Morgan fingerprint density at radius 2 is 2.03 bits per heavy atom. The lowest BCUT2D eigenvalue weighted by Gasteiger charge is -2.32. The number of benzene rings is 1. The number of nitrogens with one attached hydrogen (secondary N) is 2. The molecule has 2 aromatic heterocycles. The van der Waals surface area contributed by atoms with Gasteiger partial charge in [0.1, 0.15) is 22.3 Å². The van der Waals surface area contributed by atoms with E-state index in [9.17, 15) is 14.4 Å². The zero-order valence-corrected chi connectivity index (χ0v) is 22.1. The van der Waals surface area contributed by atoms with Gasteiger partial charge in [-0.05, 0) is 65.5 Å². The van der Waals surface area contributed by atoms with Gasteiger partial charge in [-0.15, -0.1) is 0 Å². The van der Waals surface area contributed by atoms with Crippen molar-refractivity contribution in [3.8, 4) is 0 Å². The van der Waals surface area contributed by atoms with E-state index in [1.165, 1.54) is 0 Å². The third-order valence-corrected chi connectivity index (χ3v) is 6.86. The van der Waals surface area contributed by atoms with Crippen LogP contribution in [-0.4, -0.2) is 39.9 Å². The number of nitrogens with zero attached hydrogens (tertiary/aromatic N) is 2. The van der Waals surface area contributed by atoms with Crippen LogP contribution in [0.25, 0.3) is 21.8 Å². The minimum atomic E-state index is -0.604. The molecule has 2 amide bonds. The molecule has 1 saturated carbocycles. The van der Waals surface area contributed by atoms with Crippen molar-refractivity contribution in [3.05, 3.63) is 39.3 Å². The average molecular weight is 517 g/mol. The van der Waals surface area contributed by atoms with Crippen LogP contribution in [0.15, 0.2) is 27.5 Å². The molecule has 3 aromatic rings. The van der Waals surface area contributed by atoms with Crippen LogP contribution in [0.3, 0.4) is 0 Å². The number of hydrogen-bond acceptors (Lipinski definition) is 6. The zero-order chi connectivity index (χ0) is 26.2. The van der Waals surface area contributed by atoms with Gasteiger partial charge in [0, 0.05) is 24.0 Å². The Morgan fingerprint density at radius 3 is 2.75 bits per heavy atom. The first-order valence-electron chi connectivity index (χ1n) is 12.3. The van der Waals surface area contributed by atoms with Gasteiger partial charge in [0.05, 0.1) is 16.5 Å². The first-order chi connectivity index (χ1) is 17.0. The second-order valence-electron chi connectivity index (χ2n) is 10.6. The summed E-state index contributed by atoms with van der Waals surface area (Å²) in [7, 11) is 0. The van der Waals surface area contributed by atoms with Gasteiger partial charge in [-0.25, -0.2) is 4.79 Å². The summed E-state index contributed by atoms with van der Waals surface area (Å²) in [4.78, 5) is 38.4. The van der Waals surface area contributed by atoms with E-state index < -0.39 is 17.6 Å². The van der Waals surface area contributed by atoms with Gasteiger partial charge >= 0.3 is 6.09 Å². The summed E-state index contributed by atoms with van der Waals surface area (Å²) >= 11 is 6.54. The van der Waals surface area contributed by atoms with Gasteiger partial charge in [0.25, 0.3) is 5.56 Å². The Bertz CT molecular complexity index is 1360. The number of carbonyl (C=O) groups excluding carboxylic acids is 2. The Morgan fingerprint density at radius 1 is 1.28 bits per heavy atom. The lowest BCUT2D eigenvalue weighted by Crippen LogP contribution is -2.45. The second kappa shape index (κ2) is 10.1. The van der Waals surface area contributed by atoms with Crippen molar-refractivity contribution in [2.45, 2.75) is 78.0 Å². The maximum Gasteiger partial charge on any atom is 0.407 e. The molecular weight excluding hydrogens is 484 g/mol. The Balaban J connectivity index is 1.52. The van der Waals surface area contributed by atoms with Crippen molar-refractivity contribution in [2.24, 2.45) is 5.92 Å². The van der Waals surface area contributed by atoms with E-state index in [2.05, 4.69) is 15.8 Å². The van der Waals surface area contributed by atoms with E-state index in [1.54, 1.807) is 45.3 Å². The summed E-state index contributed by atoms with van der Waals surface area (Å²) in [5.41, 5.74) is 0.416. The van der Waals surface area contributed by atoms with Crippen molar-refractivity contribution < 1.29 is 18.8 Å². The maximum atomic E-state index is 13.6. The maximum absolute atomic E-state index is 13.6. The van der Waals surface area contributed by atoms with Crippen molar-refractivity contribution >= 4 is 45.4 Å². The van der Waals surface area contributed by atoms with Crippen LogP contribution < -0.4 is 16.2 Å².